The van der Waals surface area contributed by atoms with Crippen LogP contribution < -0.4 is 10.3 Å². The largest absolute Gasteiger partial charge is 0.324 e. The fourth-order valence-corrected chi connectivity index (χ4v) is 0.772. The van der Waals surface area contributed by atoms with Crippen molar-refractivity contribution >= 4 is 22.0 Å². The lowest BCUT2D eigenvalue weighted by Gasteiger charge is -1.79. The van der Waals surface area contributed by atoms with E-state index in [-0.39, 0.29) is 0 Å². The minimum atomic E-state index is -1.85. The number of carbonyl (C=O) groups is 2. The molecule has 5 nitrogen and oxygen atoms in total. The average Bonchev–Trinajstić information content (AvgIpc) is 1.98. The Morgan fingerprint density at radius 1 is 1.38 bits per heavy atom. The van der Waals surface area contributed by atoms with Crippen LogP contribution in [0.15, 0.2) is 0 Å². The van der Waals surface area contributed by atoms with Gasteiger partial charge in [0.1, 0.15) is 0 Å². The van der Waals surface area contributed by atoms with E-state index in [4.69, 9.17) is 0 Å². The van der Waals surface area contributed by atoms with Crippen LogP contribution in [0.2, 0.25) is 0 Å². The molecule has 0 bridgehead atoms. The molecule has 2 N–H and O–H groups in total. The van der Waals surface area contributed by atoms with Crippen molar-refractivity contribution in [2.75, 3.05) is 0 Å². The predicted octanol–water partition coefficient (Wildman–Crippen LogP) is -2.19. The molecule has 1 atom stereocenters. The van der Waals surface area contributed by atoms with Gasteiger partial charge in [-0.3, -0.25) is 15.0 Å². The van der Waals surface area contributed by atoms with E-state index in [0.29, 0.717) is 0 Å². The Morgan fingerprint density at radius 3 is 2.12 bits per heavy atom. The second-order valence-electron chi connectivity index (χ2n) is 1.11. The van der Waals surface area contributed by atoms with E-state index < -0.39 is 22.0 Å². The molecule has 1 aliphatic rings. The van der Waals surface area contributed by atoms with Crippen molar-refractivity contribution in [2.24, 2.45) is 0 Å². The number of hydrogen-bond acceptors (Lipinski definition) is 3. The molecule has 0 saturated carbocycles. The van der Waals surface area contributed by atoms with Crippen LogP contribution in [-0.4, -0.2) is 15.2 Å². The van der Waals surface area contributed by atoms with Gasteiger partial charge in [0, 0.05) is 0 Å². The summed E-state index contributed by atoms with van der Waals surface area (Å²) in [5, 5.41) is -0.926. The fourth-order valence-electron chi connectivity index (χ4n) is 0.274. The summed E-state index contributed by atoms with van der Waals surface area (Å²) in [5.41, 5.74) is 1.88. The van der Waals surface area contributed by atoms with Gasteiger partial charge in [-0.05, 0) is 0 Å². The van der Waals surface area contributed by atoms with Crippen molar-refractivity contribution in [3.05, 3.63) is 0 Å². The van der Waals surface area contributed by atoms with Gasteiger partial charge in [0.25, 0.3) is 0 Å². The summed E-state index contributed by atoms with van der Waals surface area (Å²) in [7, 11) is -1.85. The van der Waals surface area contributed by atoms with E-state index in [1.807, 2.05) is 10.3 Å². The summed E-state index contributed by atoms with van der Waals surface area (Å²) >= 11 is 0. The molecule has 6 heteroatoms. The highest BCUT2D eigenvalue weighted by Gasteiger charge is 2.28. The highest BCUT2D eigenvalue weighted by atomic mass is 32.2. The van der Waals surface area contributed by atoms with Crippen LogP contribution >= 0.6 is 0 Å². The molecule has 1 rings (SSSR count). The van der Waals surface area contributed by atoms with Gasteiger partial charge in [0.15, 0.2) is 11.0 Å². The maximum Gasteiger partial charge on any atom is 0.324 e. The molecule has 0 aromatic carbocycles. The molecule has 1 saturated heterocycles. The van der Waals surface area contributed by atoms with Gasteiger partial charge in [0.2, 0.25) is 0 Å². The molecule has 0 spiro atoms. The maximum absolute atomic E-state index is 10.2. The summed E-state index contributed by atoms with van der Waals surface area (Å²) < 4.78 is 10.2. The van der Waals surface area contributed by atoms with E-state index in [2.05, 4.69) is 0 Å². The summed E-state index contributed by atoms with van der Waals surface area (Å²) in [6.45, 7) is 0. The second-order valence-corrected chi connectivity index (χ2v) is 2.22. The Balaban J connectivity index is 2.86. The standard InChI is InChI=1S/C2H2N2O3S/c5-1-2(6)8(7)4-3-1/h4H,(H,3,5). The lowest BCUT2D eigenvalue weighted by molar-refractivity contribution is -0.132. The first kappa shape index (κ1) is 5.39. The monoisotopic (exact) mass is 134 g/mol. The number of rotatable bonds is 0. The quantitative estimate of drug-likeness (QED) is 0.369. The number of hydrogen-bond donors (Lipinski definition) is 2. The number of hydrazine groups is 1. The third-order valence-corrected chi connectivity index (χ3v) is 1.42. The van der Waals surface area contributed by atoms with Crippen molar-refractivity contribution in [1.29, 1.82) is 0 Å². The zero-order chi connectivity index (χ0) is 6.15. The first-order chi connectivity index (χ1) is 3.72. The molecular formula is C2H2N2O3S. The molecule has 0 aliphatic carbocycles. The molecule has 1 amide bonds. The van der Waals surface area contributed by atoms with Gasteiger partial charge in [-0.2, -0.15) is 0 Å². The molecule has 1 unspecified atom stereocenters. The zero-order valence-electron chi connectivity index (χ0n) is 3.63. The summed E-state index contributed by atoms with van der Waals surface area (Å²) in [6.07, 6.45) is 0. The normalized spacial score (nSPS) is 28.2. The third-order valence-electron chi connectivity index (χ3n) is 0.611. The first-order valence-corrected chi connectivity index (χ1v) is 2.88. The molecule has 1 heterocycles. The Labute approximate surface area is 47.0 Å². The van der Waals surface area contributed by atoms with Crippen LogP contribution in [0.3, 0.4) is 0 Å². The SMILES string of the molecule is O=C1NNS(=O)C1=O. The fraction of sp³-hybridized carbons (Fsp3) is 0. The van der Waals surface area contributed by atoms with Gasteiger partial charge in [-0.1, -0.05) is 0 Å². The third kappa shape index (κ3) is 0.632. The summed E-state index contributed by atoms with van der Waals surface area (Å²) in [6, 6.07) is 0. The molecule has 0 aromatic heterocycles. The Hall–Kier alpha value is -0.750. The highest BCUT2D eigenvalue weighted by molar-refractivity contribution is 8.01. The van der Waals surface area contributed by atoms with Crippen molar-refractivity contribution in [3.63, 3.8) is 0 Å². The first-order valence-electron chi connectivity index (χ1n) is 1.73. The minimum absolute atomic E-state index is 0.844. The lowest BCUT2D eigenvalue weighted by Crippen LogP contribution is -2.26. The Morgan fingerprint density at radius 2 is 2.00 bits per heavy atom. The molecule has 0 radical (unpaired) electrons. The van der Waals surface area contributed by atoms with Crippen molar-refractivity contribution in [2.45, 2.75) is 0 Å². The van der Waals surface area contributed by atoms with E-state index in [1.54, 1.807) is 0 Å². The molecule has 1 aliphatic heterocycles. The van der Waals surface area contributed by atoms with Crippen LogP contribution in [0.5, 0.6) is 0 Å². The van der Waals surface area contributed by atoms with Crippen LogP contribution in [0, 0.1) is 0 Å². The van der Waals surface area contributed by atoms with E-state index in [1.165, 1.54) is 0 Å². The summed E-state index contributed by atoms with van der Waals surface area (Å²) in [5.74, 6) is -0.844. The Bertz CT molecular complexity index is 158. The molecule has 44 valence electrons. The van der Waals surface area contributed by atoms with Gasteiger partial charge < -0.3 is 0 Å². The molecule has 1 fully saturated rings. The number of nitrogens with one attached hydrogen (secondary N) is 2. The summed E-state index contributed by atoms with van der Waals surface area (Å²) in [4.78, 5) is 22.1. The van der Waals surface area contributed by atoms with Crippen molar-refractivity contribution in [3.8, 4) is 0 Å². The van der Waals surface area contributed by atoms with Gasteiger partial charge in [0.05, 0.1) is 0 Å². The smallest absolute Gasteiger partial charge is 0.272 e. The van der Waals surface area contributed by atoms with Crippen LogP contribution in [0.4, 0.5) is 0 Å². The predicted molar refractivity (Wildman–Crippen MR) is 24.4 cm³/mol. The molecular weight excluding hydrogens is 132 g/mol. The second kappa shape index (κ2) is 1.64. The molecule has 0 aromatic rings. The average molecular weight is 134 g/mol. The maximum atomic E-state index is 10.2. The lowest BCUT2D eigenvalue weighted by atomic mass is 10.7. The van der Waals surface area contributed by atoms with Crippen molar-refractivity contribution < 1.29 is 13.8 Å². The number of carbonyl (C=O) groups excluding carboxylic acids is 2. The van der Waals surface area contributed by atoms with E-state index in [0.717, 1.165) is 0 Å². The van der Waals surface area contributed by atoms with Crippen LogP contribution in [0.25, 0.3) is 0 Å². The Kier molecular flexibility index (Phi) is 1.10. The highest BCUT2D eigenvalue weighted by Crippen LogP contribution is 1.84. The number of amides is 1. The molecule has 8 heavy (non-hydrogen) atoms. The van der Waals surface area contributed by atoms with Crippen LogP contribution in [0.1, 0.15) is 0 Å². The van der Waals surface area contributed by atoms with Gasteiger partial charge >= 0.3 is 11.0 Å². The van der Waals surface area contributed by atoms with Crippen molar-refractivity contribution in [1.82, 2.24) is 10.3 Å². The topological polar surface area (TPSA) is 75.3 Å². The van der Waals surface area contributed by atoms with Gasteiger partial charge in [-0.15, -0.1) is 4.83 Å². The zero-order valence-corrected chi connectivity index (χ0v) is 4.45. The van der Waals surface area contributed by atoms with Gasteiger partial charge in [-0.25, -0.2) is 4.21 Å². The van der Waals surface area contributed by atoms with E-state index >= 15 is 0 Å². The van der Waals surface area contributed by atoms with Crippen LogP contribution in [-0.2, 0) is 20.6 Å². The minimum Gasteiger partial charge on any atom is -0.272 e. The van der Waals surface area contributed by atoms with E-state index in [9.17, 15) is 13.8 Å².